The molecule has 0 aromatic carbocycles. The van der Waals surface area contributed by atoms with E-state index in [4.69, 9.17) is 4.74 Å². The summed E-state index contributed by atoms with van der Waals surface area (Å²) in [4.78, 5) is 22.8. The normalized spacial score (nSPS) is 12.9. The molecule has 2 rings (SSSR count). The lowest BCUT2D eigenvalue weighted by molar-refractivity contribution is -0.108. The molecule has 0 fully saturated rings. The molecule has 0 spiro atoms. The second-order valence-electron chi connectivity index (χ2n) is 5.73. The summed E-state index contributed by atoms with van der Waals surface area (Å²) in [5.41, 5.74) is 1.05. The Hall–Kier alpha value is -2.37. The predicted molar refractivity (Wildman–Crippen MR) is 78.0 cm³/mol. The van der Waals surface area contributed by atoms with Crippen LogP contribution in [-0.2, 0) is 9.53 Å². The largest absolute Gasteiger partial charge is 0.444 e. The van der Waals surface area contributed by atoms with Gasteiger partial charge in [-0.2, -0.15) is 5.10 Å². The van der Waals surface area contributed by atoms with Gasteiger partial charge in [-0.05, 0) is 32.9 Å². The highest BCUT2D eigenvalue weighted by Gasteiger charge is 2.22. The van der Waals surface area contributed by atoms with Gasteiger partial charge in [0.05, 0.1) is 17.8 Å². The van der Waals surface area contributed by atoms with Crippen LogP contribution in [0.2, 0.25) is 0 Å². The van der Waals surface area contributed by atoms with Crippen molar-refractivity contribution in [3.63, 3.8) is 0 Å². The van der Waals surface area contributed by atoms with Crippen LogP contribution in [0.4, 0.5) is 4.79 Å². The summed E-state index contributed by atoms with van der Waals surface area (Å²) in [6.07, 6.45) is 3.85. The number of rotatable bonds is 4. The molecule has 0 saturated heterocycles. The molecule has 6 heteroatoms. The standard InChI is InChI=1S/C15H19N3O3/c1-15(2,3)21-14(20)17-12(7-9-19)11-10-16-18-8-5-4-6-13(11)18/h4-6,8-10,12H,7H2,1-3H3,(H,17,20)/t12-/m1/s1. The number of alkyl carbamates (subject to hydrolysis) is 1. The predicted octanol–water partition coefficient (Wildman–Crippen LogP) is 2.49. The average Bonchev–Trinajstić information content (AvgIpc) is 2.79. The van der Waals surface area contributed by atoms with E-state index in [1.54, 1.807) is 31.5 Å². The molecule has 0 aliphatic heterocycles. The Morgan fingerprint density at radius 1 is 1.48 bits per heavy atom. The lowest BCUT2D eigenvalue weighted by atomic mass is 10.1. The molecule has 1 atom stereocenters. The number of nitrogens with zero attached hydrogens (tertiary/aromatic N) is 2. The van der Waals surface area contributed by atoms with Gasteiger partial charge in [-0.15, -0.1) is 0 Å². The number of carbonyl (C=O) groups is 2. The van der Waals surface area contributed by atoms with Crippen molar-refractivity contribution in [2.24, 2.45) is 0 Å². The van der Waals surface area contributed by atoms with E-state index < -0.39 is 17.7 Å². The molecule has 2 aromatic heterocycles. The number of amides is 1. The van der Waals surface area contributed by atoms with Gasteiger partial charge in [-0.25, -0.2) is 9.31 Å². The van der Waals surface area contributed by atoms with Crippen LogP contribution < -0.4 is 5.32 Å². The maximum absolute atomic E-state index is 11.9. The Bertz CT molecular complexity index is 643. The van der Waals surface area contributed by atoms with Crippen molar-refractivity contribution < 1.29 is 14.3 Å². The maximum atomic E-state index is 11.9. The van der Waals surface area contributed by atoms with Crippen molar-refractivity contribution in [2.75, 3.05) is 0 Å². The summed E-state index contributed by atoms with van der Waals surface area (Å²) in [5, 5.41) is 6.94. The van der Waals surface area contributed by atoms with Crippen LogP contribution in [0.3, 0.4) is 0 Å². The third-order valence-electron chi connectivity index (χ3n) is 2.85. The first kappa shape index (κ1) is 15.0. The van der Waals surface area contributed by atoms with Gasteiger partial charge in [0.25, 0.3) is 0 Å². The van der Waals surface area contributed by atoms with Crippen LogP contribution in [0.25, 0.3) is 5.52 Å². The van der Waals surface area contributed by atoms with Gasteiger partial charge in [-0.1, -0.05) is 6.07 Å². The Kier molecular flexibility index (Phi) is 4.26. The molecule has 21 heavy (non-hydrogen) atoms. The zero-order valence-electron chi connectivity index (χ0n) is 12.4. The van der Waals surface area contributed by atoms with Gasteiger partial charge in [0.15, 0.2) is 0 Å². The third kappa shape index (κ3) is 3.81. The molecule has 1 N–H and O–H groups in total. The van der Waals surface area contributed by atoms with Crippen LogP contribution in [0.15, 0.2) is 30.6 Å². The minimum atomic E-state index is -0.586. The molecule has 1 amide bonds. The SMILES string of the molecule is CC(C)(C)OC(=O)N[C@H](CC=O)c1cnn2ccccc12. The van der Waals surface area contributed by atoms with Gasteiger partial charge in [0.2, 0.25) is 0 Å². The highest BCUT2D eigenvalue weighted by molar-refractivity contribution is 5.70. The number of pyridine rings is 1. The second kappa shape index (κ2) is 5.95. The van der Waals surface area contributed by atoms with E-state index in [0.717, 1.165) is 17.4 Å². The number of aromatic nitrogens is 2. The molecule has 0 saturated carbocycles. The fraction of sp³-hybridized carbons (Fsp3) is 0.400. The van der Waals surface area contributed by atoms with Crippen molar-refractivity contribution in [3.8, 4) is 0 Å². The molecule has 0 aliphatic rings. The van der Waals surface area contributed by atoms with Crippen LogP contribution in [0.1, 0.15) is 38.8 Å². The summed E-state index contributed by atoms with van der Waals surface area (Å²) in [7, 11) is 0. The molecule has 0 unspecified atom stereocenters. The van der Waals surface area contributed by atoms with Gasteiger partial charge in [-0.3, -0.25) is 0 Å². The summed E-state index contributed by atoms with van der Waals surface area (Å²) >= 11 is 0. The number of fused-ring (bicyclic) bond motifs is 1. The number of hydrogen-bond donors (Lipinski definition) is 1. The highest BCUT2D eigenvalue weighted by Crippen LogP contribution is 2.21. The van der Waals surface area contributed by atoms with E-state index >= 15 is 0 Å². The first-order valence-corrected chi connectivity index (χ1v) is 6.76. The third-order valence-corrected chi connectivity index (χ3v) is 2.85. The first-order valence-electron chi connectivity index (χ1n) is 6.76. The first-order chi connectivity index (χ1) is 9.90. The van der Waals surface area contributed by atoms with Crippen LogP contribution in [0, 0.1) is 0 Å². The van der Waals surface area contributed by atoms with Crippen molar-refractivity contribution in [2.45, 2.75) is 38.8 Å². The molecule has 2 aromatic rings. The maximum Gasteiger partial charge on any atom is 0.408 e. The van der Waals surface area contributed by atoms with E-state index in [2.05, 4.69) is 10.4 Å². The Balaban J connectivity index is 2.23. The molecule has 0 aliphatic carbocycles. The lowest BCUT2D eigenvalue weighted by Gasteiger charge is -2.22. The molecular formula is C15H19N3O3. The quantitative estimate of drug-likeness (QED) is 0.878. The Morgan fingerprint density at radius 2 is 2.24 bits per heavy atom. The zero-order valence-corrected chi connectivity index (χ0v) is 12.4. The number of carbonyl (C=O) groups excluding carboxylic acids is 2. The minimum absolute atomic E-state index is 0.162. The van der Waals surface area contributed by atoms with E-state index in [1.807, 2.05) is 24.4 Å². The zero-order chi connectivity index (χ0) is 15.5. The van der Waals surface area contributed by atoms with Crippen LogP contribution >= 0.6 is 0 Å². The minimum Gasteiger partial charge on any atom is -0.444 e. The van der Waals surface area contributed by atoms with E-state index in [0.29, 0.717) is 0 Å². The monoisotopic (exact) mass is 289 g/mol. The topological polar surface area (TPSA) is 72.7 Å². The molecule has 6 nitrogen and oxygen atoms in total. The number of nitrogens with one attached hydrogen (secondary N) is 1. The van der Waals surface area contributed by atoms with E-state index in [1.165, 1.54) is 0 Å². The van der Waals surface area contributed by atoms with Gasteiger partial charge < -0.3 is 14.8 Å². The number of aldehydes is 1. The number of hydrogen-bond acceptors (Lipinski definition) is 4. The summed E-state index contributed by atoms with van der Waals surface area (Å²) in [5.74, 6) is 0. The van der Waals surface area contributed by atoms with Gasteiger partial charge in [0, 0.05) is 18.2 Å². The van der Waals surface area contributed by atoms with Crippen molar-refractivity contribution in [1.82, 2.24) is 14.9 Å². The van der Waals surface area contributed by atoms with Gasteiger partial charge >= 0.3 is 6.09 Å². The molecule has 0 bridgehead atoms. The molecule has 112 valence electrons. The van der Waals surface area contributed by atoms with E-state index in [-0.39, 0.29) is 6.42 Å². The molecular weight excluding hydrogens is 270 g/mol. The summed E-state index contributed by atoms with van der Waals surface area (Å²) < 4.78 is 6.93. The average molecular weight is 289 g/mol. The van der Waals surface area contributed by atoms with Crippen molar-refractivity contribution in [1.29, 1.82) is 0 Å². The summed E-state index contributed by atoms with van der Waals surface area (Å²) in [6, 6.07) is 5.17. The van der Waals surface area contributed by atoms with Crippen LogP contribution in [0.5, 0.6) is 0 Å². The Labute approximate surface area is 123 Å². The van der Waals surface area contributed by atoms with Gasteiger partial charge in [0.1, 0.15) is 11.9 Å². The smallest absolute Gasteiger partial charge is 0.408 e. The lowest BCUT2D eigenvalue weighted by Crippen LogP contribution is -2.35. The number of ether oxygens (including phenoxy) is 1. The van der Waals surface area contributed by atoms with Crippen LogP contribution in [-0.4, -0.2) is 27.6 Å². The Morgan fingerprint density at radius 3 is 2.90 bits per heavy atom. The highest BCUT2D eigenvalue weighted by atomic mass is 16.6. The fourth-order valence-electron chi connectivity index (χ4n) is 2.03. The van der Waals surface area contributed by atoms with Crippen molar-refractivity contribution >= 4 is 17.9 Å². The van der Waals surface area contributed by atoms with E-state index in [9.17, 15) is 9.59 Å². The summed E-state index contributed by atoms with van der Waals surface area (Å²) in [6.45, 7) is 5.36. The molecule has 2 heterocycles. The van der Waals surface area contributed by atoms with Crippen molar-refractivity contribution in [3.05, 3.63) is 36.2 Å². The fourth-order valence-corrected chi connectivity index (χ4v) is 2.03. The molecule has 0 radical (unpaired) electrons. The second-order valence-corrected chi connectivity index (χ2v) is 5.73.